The highest BCUT2D eigenvalue weighted by molar-refractivity contribution is 7.89. The number of nitrogens with zero attached hydrogens (tertiary/aromatic N) is 3. The van der Waals surface area contributed by atoms with Crippen molar-refractivity contribution < 1.29 is 18.3 Å². The van der Waals surface area contributed by atoms with Crippen LogP contribution in [0.4, 0.5) is 0 Å². The molecule has 0 aliphatic carbocycles. The highest BCUT2D eigenvalue weighted by Crippen LogP contribution is 2.10. The summed E-state index contributed by atoms with van der Waals surface area (Å²) in [5.41, 5.74) is 0.856. The summed E-state index contributed by atoms with van der Waals surface area (Å²) in [4.78, 5) is 14.3. The number of hydrogen-bond acceptors (Lipinski definition) is 5. The van der Waals surface area contributed by atoms with Crippen LogP contribution in [0.3, 0.4) is 0 Å². The molecule has 0 saturated carbocycles. The van der Waals surface area contributed by atoms with Gasteiger partial charge in [0.2, 0.25) is 10.0 Å². The number of pyridine rings is 1. The highest BCUT2D eigenvalue weighted by atomic mass is 32.2. The quantitative estimate of drug-likeness (QED) is 0.714. The van der Waals surface area contributed by atoms with E-state index >= 15 is 0 Å². The van der Waals surface area contributed by atoms with E-state index in [1.165, 1.54) is 0 Å². The predicted molar refractivity (Wildman–Crippen MR) is 77.9 cm³/mol. The lowest BCUT2D eigenvalue weighted by Gasteiger charge is -2.06. The number of carbonyl (C=O) groups is 1. The van der Waals surface area contributed by atoms with Crippen LogP contribution < -0.4 is 4.72 Å². The van der Waals surface area contributed by atoms with Crippen LogP contribution in [0.2, 0.25) is 0 Å². The first-order valence-electron chi connectivity index (χ1n) is 6.54. The largest absolute Gasteiger partial charge is 0.478 e. The maximum absolute atomic E-state index is 12.1. The first-order chi connectivity index (χ1) is 10.4. The van der Waals surface area contributed by atoms with Crippen LogP contribution in [0.25, 0.3) is 0 Å². The van der Waals surface area contributed by atoms with Gasteiger partial charge in [0.05, 0.1) is 11.8 Å². The van der Waals surface area contributed by atoms with Crippen LogP contribution in [0.15, 0.2) is 35.7 Å². The molecule has 118 valence electrons. The van der Waals surface area contributed by atoms with E-state index in [4.69, 9.17) is 5.11 Å². The molecule has 0 unspecified atom stereocenters. The third-order valence-corrected chi connectivity index (χ3v) is 4.39. The van der Waals surface area contributed by atoms with Crippen molar-refractivity contribution in [3.63, 3.8) is 0 Å². The first kappa shape index (κ1) is 16.1. The molecule has 0 amide bonds. The van der Waals surface area contributed by atoms with Crippen LogP contribution in [-0.2, 0) is 23.5 Å². The van der Waals surface area contributed by atoms with Gasteiger partial charge in [0.1, 0.15) is 4.90 Å². The number of aromatic nitrogens is 3. The van der Waals surface area contributed by atoms with Gasteiger partial charge in [-0.2, -0.15) is 5.10 Å². The molecule has 2 heterocycles. The molecule has 2 aromatic rings. The van der Waals surface area contributed by atoms with Gasteiger partial charge in [-0.05, 0) is 24.5 Å². The van der Waals surface area contributed by atoms with E-state index in [1.54, 1.807) is 10.9 Å². The van der Waals surface area contributed by atoms with Crippen LogP contribution in [0, 0.1) is 0 Å². The summed E-state index contributed by atoms with van der Waals surface area (Å²) < 4.78 is 28.2. The van der Waals surface area contributed by atoms with Crippen LogP contribution >= 0.6 is 0 Å². The van der Waals surface area contributed by atoms with E-state index in [0.717, 1.165) is 24.0 Å². The van der Waals surface area contributed by atoms with Gasteiger partial charge < -0.3 is 5.11 Å². The van der Waals surface area contributed by atoms with E-state index in [0.29, 0.717) is 12.8 Å². The normalized spacial score (nSPS) is 11.5. The molecule has 2 N–H and O–H groups in total. The molecule has 0 atom stereocenters. The fourth-order valence-electron chi connectivity index (χ4n) is 1.87. The Balaban J connectivity index is 1.93. The second-order valence-electron chi connectivity index (χ2n) is 4.74. The minimum atomic E-state index is -3.76. The lowest BCUT2D eigenvalue weighted by atomic mass is 10.2. The highest BCUT2D eigenvalue weighted by Gasteiger charge is 2.16. The second-order valence-corrected chi connectivity index (χ2v) is 6.51. The summed E-state index contributed by atoms with van der Waals surface area (Å²) in [6, 6.07) is 1.08. The summed E-state index contributed by atoms with van der Waals surface area (Å²) in [6.07, 6.45) is 7.13. The number of aromatic carboxylic acids is 1. The third kappa shape index (κ3) is 4.12. The van der Waals surface area contributed by atoms with Crippen molar-refractivity contribution in [2.45, 2.75) is 17.7 Å². The molecule has 0 spiro atoms. The van der Waals surface area contributed by atoms with Crippen molar-refractivity contribution in [1.29, 1.82) is 0 Å². The SMILES string of the molecule is Cn1cc(CCCNS(=O)(=O)c2cncc(C(=O)O)c2)cn1. The zero-order valence-electron chi connectivity index (χ0n) is 11.9. The minimum Gasteiger partial charge on any atom is -0.478 e. The van der Waals surface area contributed by atoms with Crippen LogP contribution in [0.1, 0.15) is 22.3 Å². The van der Waals surface area contributed by atoms with Crippen molar-refractivity contribution in [3.05, 3.63) is 42.0 Å². The first-order valence-corrected chi connectivity index (χ1v) is 8.02. The molecular formula is C13H16N4O4S. The molecule has 0 fully saturated rings. The van der Waals surface area contributed by atoms with Crippen LogP contribution in [-0.4, -0.2) is 40.8 Å². The van der Waals surface area contributed by atoms with Gasteiger partial charge in [0, 0.05) is 32.2 Å². The molecule has 0 saturated heterocycles. The van der Waals surface area contributed by atoms with E-state index in [-0.39, 0.29) is 17.0 Å². The van der Waals surface area contributed by atoms with E-state index < -0.39 is 16.0 Å². The third-order valence-electron chi connectivity index (χ3n) is 2.96. The zero-order valence-corrected chi connectivity index (χ0v) is 12.7. The molecule has 2 aromatic heterocycles. The van der Waals surface area contributed by atoms with Crippen molar-refractivity contribution >= 4 is 16.0 Å². The molecule has 0 radical (unpaired) electrons. The maximum atomic E-state index is 12.1. The predicted octanol–water partition coefficient (Wildman–Crippen LogP) is 0.424. The molecule has 22 heavy (non-hydrogen) atoms. The molecular weight excluding hydrogens is 308 g/mol. The standard InChI is InChI=1S/C13H16N4O4S/c1-17-9-10(6-15-17)3-2-4-16-22(20,21)12-5-11(13(18)19)7-14-8-12/h5-9,16H,2-4H2,1H3,(H,18,19). The summed E-state index contributed by atoms with van der Waals surface area (Å²) >= 11 is 0. The molecule has 9 heteroatoms. The van der Waals surface area contributed by atoms with E-state index in [9.17, 15) is 13.2 Å². The van der Waals surface area contributed by atoms with Gasteiger partial charge in [-0.1, -0.05) is 0 Å². The molecule has 0 aromatic carbocycles. The van der Waals surface area contributed by atoms with Crippen molar-refractivity contribution in [1.82, 2.24) is 19.5 Å². The molecule has 2 rings (SSSR count). The lowest BCUT2D eigenvalue weighted by Crippen LogP contribution is -2.25. The Morgan fingerprint density at radius 1 is 1.36 bits per heavy atom. The van der Waals surface area contributed by atoms with Gasteiger partial charge >= 0.3 is 5.97 Å². The van der Waals surface area contributed by atoms with Crippen molar-refractivity contribution in [2.24, 2.45) is 7.05 Å². The Kier molecular flexibility index (Phi) is 4.88. The average molecular weight is 324 g/mol. The topological polar surface area (TPSA) is 114 Å². The maximum Gasteiger partial charge on any atom is 0.337 e. The van der Waals surface area contributed by atoms with Gasteiger partial charge in [-0.15, -0.1) is 0 Å². The second kappa shape index (κ2) is 6.67. The Bertz CT molecular complexity index is 770. The Morgan fingerprint density at radius 2 is 2.14 bits per heavy atom. The lowest BCUT2D eigenvalue weighted by molar-refractivity contribution is 0.0696. The van der Waals surface area contributed by atoms with Gasteiger partial charge in [-0.25, -0.2) is 17.9 Å². The Labute approximate surface area is 127 Å². The number of sulfonamides is 1. The number of rotatable bonds is 7. The number of aryl methyl sites for hydroxylation is 2. The fraction of sp³-hybridized carbons (Fsp3) is 0.308. The van der Waals surface area contributed by atoms with Crippen molar-refractivity contribution in [3.8, 4) is 0 Å². The van der Waals surface area contributed by atoms with Gasteiger partial charge in [0.25, 0.3) is 0 Å². The minimum absolute atomic E-state index is 0.159. The average Bonchev–Trinajstić information content (AvgIpc) is 2.89. The number of carboxylic acid groups (broad SMARTS) is 1. The van der Waals surface area contributed by atoms with Crippen LogP contribution in [0.5, 0.6) is 0 Å². The van der Waals surface area contributed by atoms with Gasteiger partial charge in [-0.3, -0.25) is 9.67 Å². The zero-order chi connectivity index (χ0) is 16.2. The van der Waals surface area contributed by atoms with Gasteiger partial charge in [0.15, 0.2) is 0 Å². The summed E-state index contributed by atoms with van der Waals surface area (Å²) in [5, 5.41) is 12.9. The summed E-state index contributed by atoms with van der Waals surface area (Å²) in [7, 11) is -1.95. The number of carboxylic acids is 1. The molecule has 0 bridgehead atoms. The molecule has 8 nitrogen and oxygen atoms in total. The Hall–Kier alpha value is -2.26. The summed E-state index contributed by atoms with van der Waals surface area (Å²) in [5.74, 6) is -1.22. The number of hydrogen-bond donors (Lipinski definition) is 2. The van der Waals surface area contributed by atoms with Crippen molar-refractivity contribution in [2.75, 3.05) is 6.54 Å². The summed E-state index contributed by atoms with van der Waals surface area (Å²) in [6.45, 7) is 0.245. The smallest absolute Gasteiger partial charge is 0.337 e. The molecule has 0 aliphatic rings. The molecule has 0 aliphatic heterocycles. The van der Waals surface area contributed by atoms with E-state index in [2.05, 4.69) is 14.8 Å². The number of nitrogens with one attached hydrogen (secondary N) is 1. The van der Waals surface area contributed by atoms with E-state index in [1.807, 2.05) is 13.2 Å². The fourth-order valence-corrected chi connectivity index (χ4v) is 2.93. The monoisotopic (exact) mass is 324 g/mol. The Morgan fingerprint density at radius 3 is 2.77 bits per heavy atom.